The monoisotopic (exact) mass is 372 g/mol. The molecule has 2 aromatic carbocycles. The molecule has 6 heteroatoms. The van der Waals surface area contributed by atoms with Crippen molar-refractivity contribution in [2.45, 2.75) is 32.1 Å². The number of aryl methyl sites for hydroxylation is 2. The normalized spacial score (nSPS) is 19.0. The van der Waals surface area contributed by atoms with Gasteiger partial charge in [0.1, 0.15) is 0 Å². The van der Waals surface area contributed by atoms with Gasteiger partial charge in [-0.15, -0.1) is 0 Å². The van der Waals surface area contributed by atoms with E-state index < -0.39 is 16.1 Å². The van der Waals surface area contributed by atoms with E-state index in [0.29, 0.717) is 6.54 Å². The molecule has 1 amide bonds. The van der Waals surface area contributed by atoms with Crippen molar-refractivity contribution >= 4 is 15.9 Å². The number of amides is 1. The first-order chi connectivity index (χ1) is 12.4. The van der Waals surface area contributed by atoms with Crippen molar-refractivity contribution in [2.24, 2.45) is 0 Å². The molecule has 1 unspecified atom stereocenters. The lowest BCUT2D eigenvalue weighted by Crippen LogP contribution is -2.37. The lowest BCUT2D eigenvalue weighted by Gasteiger charge is -2.28. The molecule has 2 aromatic rings. The zero-order valence-electron chi connectivity index (χ0n) is 15.1. The van der Waals surface area contributed by atoms with Crippen molar-refractivity contribution in [2.75, 3.05) is 13.1 Å². The van der Waals surface area contributed by atoms with Crippen molar-refractivity contribution in [3.63, 3.8) is 0 Å². The van der Waals surface area contributed by atoms with Gasteiger partial charge >= 0.3 is 0 Å². The molecular weight excluding hydrogens is 348 g/mol. The van der Waals surface area contributed by atoms with Crippen LogP contribution in [-0.2, 0) is 20.6 Å². The van der Waals surface area contributed by atoms with Crippen LogP contribution in [0.3, 0.4) is 0 Å². The van der Waals surface area contributed by atoms with Gasteiger partial charge < -0.3 is 5.32 Å². The average Bonchev–Trinajstić information content (AvgIpc) is 2.81. The minimum absolute atomic E-state index is 0.0638. The highest BCUT2D eigenvalue weighted by Crippen LogP contribution is 2.29. The van der Waals surface area contributed by atoms with Crippen LogP contribution in [0.2, 0.25) is 0 Å². The molecule has 5 nitrogen and oxygen atoms in total. The van der Waals surface area contributed by atoms with Crippen LogP contribution in [0.25, 0.3) is 0 Å². The zero-order valence-corrected chi connectivity index (χ0v) is 15.9. The van der Waals surface area contributed by atoms with E-state index in [1.807, 2.05) is 62.4 Å². The number of rotatable bonds is 4. The highest BCUT2D eigenvalue weighted by molar-refractivity contribution is 7.88. The zero-order chi connectivity index (χ0) is 18.7. The fourth-order valence-corrected chi connectivity index (χ4v) is 5.01. The second-order valence-electron chi connectivity index (χ2n) is 6.77. The average molecular weight is 372 g/mol. The molecule has 0 bridgehead atoms. The lowest BCUT2D eigenvalue weighted by atomic mass is 10.0. The van der Waals surface area contributed by atoms with E-state index in [9.17, 15) is 13.2 Å². The summed E-state index contributed by atoms with van der Waals surface area (Å²) in [7, 11) is -3.57. The largest absolute Gasteiger partial charge is 0.355 e. The summed E-state index contributed by atoms with van der Waals surface area (Å²) in [5.74, 6) is -0.186. The van der Waals surface area contributed by atoms with Gasteiger partial charge in [-0.2, -0.15) is 4.31 Å². The third-order valence-corrected chi connectivity index (χ3v) is 6.69. The Morgan fingerprint density at radius 2 is 1.81 bits per heavy atom. The maximum Gasteiger partial charge on any atom is 0.222 e. The van der Waals surface area contributed by atoms with Crippen LogP contribution in [0.4, 0.5) is 0 Å². The van der Waals surface area contributed by atoms with Gasteiger partial charge in [-0.1, -0.05) is 48.5 Å². The molecule has 1 N–H and O–H groups in total. The molecule has 1 atom stereocenters. The molecular formula is C20H24N2O3S. The van der Waals surface area contributed by atoms with Gasteiger partial charge in [0.15, 0.2) is 0 Å². The van der Waals surface area contributed by atoms with Gasteiger partial charge in [0.25, 0.3) is 0 Å². The summed E-state index contributed by atoms with van der Waals surface area (Å²) in [4.78, 5) is 12.0. The van der Waals surface area contributed by atoms with Gasteiger partial charge in [-0.3, -0.25) is 4.79 Å². The Morgan fingerprint density at radius 1 is 1.08 bits per heavy atom. The second-order valence-corrected chi connectivity index (χ2v) is 8.69. The molecule has 26 heavy (non-hydrogen) atoms. The highest BCUT2D eigenvalue weighted by Gasteiger charge is 2.34. The molecule has 0 spiro atoms. The third kappa shape index (κ3) is 4.14. The van der Waals surface area contributed by atoms with Crippen molar-refractivity contribution in [3.8, 4) is 0 Å². The summed E-state index contributed by atoms with van der Waals surface area (Å²) in [5.41, 5.74) is 3.82. The quantitative estimate of drug-likeness (QED) is 0.897. The Morgan fingerprint density at radius 3 is 2.50 bits per heavy atom. The Balaban J connectivity index is 1.93. The molecule has 1 fully saturated rings. The summed E-state index contributed by atoms with van der Waals surface area (Å²) in [6.07, 6.45) is 0.135. The van der Waals surface area contributed by atoms with Gasteiger partial charge in [0.2, 0.25) is 15.9 Å². The van der Waals surface area contributed by atoms with Crippen molar-refractivity contribution in [1.82, 2.24) is 9.62 Å². The summed E-state index contributed by atoms with van der Waals surface area (Å²) < 4.78 is 27.8. The number of carbonyl (C=O) groups excluding carboxylic acids is 1. The summed E-state index contributed by atoms with van der Waals surface area (Å²) in [5, 5.41) is 2.78. The number of sulfonamides is 1. The van der Waals surface area contributed by atoms with Gasteiger partial charge in [-0.05, 0) is 36.1 Å². The smallest absolute Gasteiger partial charge is 0.222 e. The fourth-order valence-electron chi connectivity index (χ4n) is 3.29. The first-order valence-corrected chi connectivity index (χ1v) is 10.3. The first-order valence-electron chi connectivity index (χ1n) is 8.74. The van der Waals surface area contributed by atoms with E-state index in [-0.39, 0.29) is 24.6 Å². The summed E-state index contributed by atoms with van der Waals surface area (Å²) >= 11 is 0. The van der Waals surface area contributed by atoms with Crippen LogP contribution >= 0.6 is 0 Å². The van der Waals surface area contributed by atoms with Gasteiger partial charge in [0, 0.05) is 19.5 Å². The topological polar surface area (TPSA) is 66.5 Å². The van der Waals surface area contributed by atoms with E-state index >= 15 is 0 Å². The van der Waals surface area contributed by atoms with E-state index in [0.717, 1.165) is 22.3 Å². The number of nitrogens with zero attached hydrogens (tertiary/aromatic N) is 1. The standard InChI is InChI=1S/C20H24N2O3S/c1-15-8-9-17(12-16(15)2)14-26(24,25)22-11-10-21-20(23)13-19(22)18-6-4-3-5-7-18/h3-9,12,19H,10-11,13-14H2,1-2H3,(H,21,23). The van der Waals surface area contributed by atoms with Crippen LogP contribution in [0, 0.1) is 13.8 Å². The number of benzene rings is 2. The van der Waals surface area contributed by atoms with E-state index in [2.05, 4.69) is 5.32 Å². The Bertz CT molecular complexity index is 895. The number of carbonyl (C=O) groups is 1. The van der Waals surface area contributed by atoms with Crippen molar-refractivity contribution in [3.05, 3.63) is 70.8 Å². The van der Waals surface area contributed by atoms with Crippen molar-refractivity contribution in [1.29, 1.82) is 0 Å². The molecule has 3 rings (SSSR count). The van der Waals surface area contributed by atoms with E-state index in [1.54, 1.807) is 0 Å². The molecule has 1 saturated heterocycles. The predicted molar refractivity (Wildman–Crippen MR) is 102 cm³/mol. The van der Waals surface area contributed by atoms with Gasteiger partial charge in [0.05, 0.1) is 11.8 Å². The van der Waals surface area contributed by atoms with Crippen LogP contribution in [-0.4, -0.2) is 31.7 Å². The first kappa shape index (κ1) is 18.6. The van der Waals surface area contributed by atoms with E-state index in [4.69, 9.17) is 0 Å². The molecule has 0 saturated carbocycles. The molecule has 0 aromatic heterocycles. The van der Waals surface area contributed by atoms with Crippen LogP contribution in [0.1, 0.15) is 34.7 Å². The second kappa shape index (κ2) is 7.60. The SMILES string of the molecule is Cc1ccc(CS(=O)(=O)N2CCNC(=O)CC2c2ccccc2)cc1C. The summed E-state index contributed by atoms with van der Waals surface area (Å²) in [6, 6.07) is 14.6. The predicted octanol–water partition coefficient (Wildman–Crippen LogP) is 2.70. The molecule has 0 aliphatic carbocycles. The molecule has 1 aliphatic heterocycles. The van der Waals surface area contributed by atoms with Crippen LogP contribution in [0.5, 0.6) is 0 Å². The Hall–Kier alpha value is -2.18. The number of nitrogens with one attached hydrogen (secondary N) is 1. The molecule has 1 heterocycles. The minimum atomic E-state index is -3.57. The van der Waals surface area contributed by atoms with Crippen LogP contribution < -0.4 is 5.32 Å². The maximum absolute atomic E-state index is 13.2. The van der Waals surface area contributed by atoms with Gasteiger partial charge in [-0.25, -0.2) is 8.42 Å². The van der Waals surface area contributed by atoms with Crippen LogP contribution in [0.15, 0.2) is 48.5 Å². The highest BCUT2D eigenvalue weighted by atomic mass is 32.2. The minimum Gasteiger partial charge on any atom is -0.355 e. The van der Waals surface area contributed by atoms with E-state index in [1.165, 1.54) is 4.31 Å². The number of hydrogen-bond acceptors (Lipinski definition) is 3. The van der Waals surface area contributed by atoms with Crippen molar-refractivity contribution < 1.29 is 13.2 Å². The summed E-state index contributed by atoms with van der Waals surface area (Å²) in [6.45, 7) is 4.59. The molecule has 1 aliphatic rings. The Kier molecular flexibility index (Phi) is 5.44. The fraction of sp³-hybridized carbons (Fsp3) is 0.350. The number of hydrogen-bond donors (Lipinski definition) is 1. The third-order valence-electron chi connectivity index (χ3n) is 4.84. The molecule has 138 valence electrons. The maximum atomic E-state index is 13.2. The lowest BCUT2D eigenvalue weighted by molar-refractivity contribution is -0.121. The Labute approximate surface area is 155 Å². The molecule has 0 radical (unpaired) electrons.